The van der Waals surface area contributed by atoms with Crippen LogP contribution in [0.25, 0.3) is 0 Å². The summed E-state index contributed by atoms with van der Waals surface area (Å²) >= 11 is 0. The fourth-order valence-corrected chi connectivity index (χ4v) is 4.11. The Balaban J connectivity index is 1.79. The van der Waals surface area contributed by atoms with Crippen molar-refractivity contribution < 1.29 is 24.5 Å². The molecule has 0 spiro atoms. The van der Waals surface area contributed by atoms with Gasteiger partial charge in [0.05, 0.1) is 23.4 Å². The molecule has 2 bridgehead atoms. The molecule has 1 saturated carbocycles. The summed E-state index contributed by atoms with van der Waals surface area (Å²) in [7, 11) is 0. The lowest BCUT2D eigenvalue weighted by molar-refractivity contribution is -0.169. The minimum Gasteiger partial charge on any atom is -0.456 e. The summed E-state index contributed by atoms with van der Waals surface area (Å²) in [5.74, 6) is -0.417. The molecule has 5 heteroatoms. The zero-order valence-electron chi connectivity index (χ0n) is 15.3. The number of carbonyl (C=O) groups excluding carboxylic acids is 1. The van der Waals surface area contributed by atoms with E-state index >= 15 is 0 Å². The first kappa shape index (κ1) is 18.6. The van der Waals surface area contributed by atoms with E-state index in [1.165, 1.54) is 0 Å². The Kier molecular flexibility index (Phi) is 4.86. The summed E-state index contributed by atoms with van der Waals surface area (Å²) in [6, 6.07) is 0. The zero-order chi connectivity index (χ0) is 18.4. The third kappa shape index (κ3) is 3.83. The Labute approximate surface area is 149 Å². The number of hydrogen-bond donors (Lipinski definition) is 2. The van der Waals surface area contributed by atoms with E-state index in [0.29, 0.717) is 24.8 Å². The highest BCUT2D eigenvalue weighted by molar-refractivity contribution is 5.89. The number of carbonyl (C=O) groups is 1. The van der Waals surface area contributed by atoms with Gasteiger partial charge in [0.15, 0.2) is 0 Å². The van der Waals surface area contributed by atoms with Gasteiger partial charge in [0, 0.05) is 5.57 Å². The molecule has 1 aliphatic carbocycles. The molecule has 2 saturated heterocycles. The number of aliphatic hydroxyl groups excluding tert-OH is 1. The molecular formula is C20H30O5. The Bertz CT molecular complexity index is 581. The number of fused-ring (bicyclic) bond motifs is 3. The summed E-state index contributed by atoms with van der Waals surface area (Å²) in [4.78, 5) is 12.2. The lowest BCUT2D eigenvalue weighted by Crippen LogP contribution is -2.47. The van der Waals surface area contributed by atoms with Crippen LogP contribution in [0.15, 0.2) is 24.3 Å². The number of rotatable bonds is 0. The maximum absolute atomic E-state index is 12.2. The van der Waals surface area contributed by atoms with Crippen molar-refractivity contribution in [1.29, 1.82) is 0 Å². The molecule has 3 fully saturated rings. The van der Waals surface area contributed by atoms with E-state index in [1.54, 1.807) is 6.92 Å². The van der Waals surface area contributed by atoms with Crippen LogP contribution in [0.3, 0.4) is 0 Å². The smallest absolute Gasteiger partial charge is 0.334 e. The largest absolute Gasteiger partial charge is 0.456 e. The van der Waals surface area contributed by atoms with Crippen molar-refractivity contribution in [2.45, 2.75) is 88.3 Å². The average molecular weight is 350 g/mol. The van der Waals surface area contributed by atoms with Gasteiger partial charge in [0.1, 0.15) is 6.10 Å². The topological polar surface area (TPSA) is 79.3 Å². The Hall–Kier alpha value is -1.17. The fourth-order valence-electron chi connectivity index (χ4n) is 4.11. The van der Waals surface area contributed by atoms with E-state index in [0.717, 1.165) is 31.3 Å². The molecule has 2 N–H and O–H groups in total. The molecule has 2 heterocycles. The highest BCUT2D eigenvalue weighted by Crippen LogP contribution is 2.46. The predicted molar refractivity (Wildman–Crippen MR) is 93.9 cm³/mol. The van der Waals surface area contributed by atoms with E-state index in [-0.39, 0.29) is 17.6 Å². The van der Waals surface area contributed by atoms with Crippen LogP contribution in [0.4, 0.5) is 0 Å². The van der Waals surface area contributed by atoms with Crippen molar-refractivity contribution in [1.82, 2.24) is 0 Å². The lowest BCUT2D eigenvalue weighted by Gasteiger charge is -2.39. The second-order valence-corrected chi connectivity index (χ2v) is 8.42. The number of aliphatic hydroxyl groups is 2. The van der Waals surface area contributed by atoms with Crippen LogP contribution in [0.1, 0.15) is 58.8 Å². The minimum absolute atomic E-state index is 0.00206. The molecular weight excluding hydrogens is 320 g/mol. The highest BCUT2D eigenvalue weighted by atomic mass is 16.6. The molecule has 3 rings (SSSR count). The number of esters is 1. The molecule has 0 aromatic carbocycles. The normalized spacial score (nSPS) is 46.0. The fraction of sp³-hybridized carbons (Fsp3) is 0.750. The van der Waals surface area contributed by atoms with Crippen molar-refractivity contribution in [3.05, 3.63) is 24.3 Å². The van der Waals surface area contributed by atoms with Gasteiger partial charge < -0.3 is 19.7 Å². The molecule has 3 aliphatic rings. The number of epoxide rings is 1. The lowest BCUT2D eigenvalue weighted by atomic mass is 9.78. The van der Waals surface area contributed by atoms with Gasteiger partial charge in [-0.2, -0.15) is 0 Å². The molecule has 25 heavy (non-hydrogen) atoms. The van der Waals surface area contributed by atoms with E-state index in [2.05, 4.69) is 20.1 Å². The third-order valence-corrected chi connectivity index (χ3v) is 6.34. The van der Waals surface area contributed by atoms with E-state index in [1.807, 2.05) is 0 Å². The van der Waals surface area contributed by atoms with Crippen LogP contribution in [0.2, 0.25) is 0 Å². The number of ether oxygens (including phenoxy) is 2. The van der Waals surface area contributed by atoms with Gasteiger partial charge in [-0.05, 0) is 70.3 Å². The second-order valence-electron chi connectivity index (χ2n) is 8.42. The van der Waals surface area contributed by atoms with Gasteiger partial charge in [0.2, 0.25) is 0 Å². The molecule has 140 valence electrons. The van der Waals surface area contributed by atoms with Crippen molar-refractivity contribution in [3.8, 4) is 0 Å². The molecule has 6 atom stereocenters. The molecule has 0 radical (unpaired) electrons. The summed E-state index contributed by atoms with van der Waals surface area (Å²) in [6.07, 6.45) is 3.47. The molecule has 0 aromatic rings. The van der Waals surface area contributed by atoms with E-state index in [9.17, 15) is 15.0 Å². The monoisotopic (exact) mass is 350 g/mol. The van der Waals surface area contributed by atoms with Crippen molar-refractivity contribution in [3.63, 3.8) is 0 Å². The van der Waals surface area contributed by atoms with Gasteiger partial charge in [-0.3, -0.25) is 0 Å². The number of hydrogen-bond acceptors (Lipinski definition) is 5. The highest BCUT2D eigenvalue weighted by Gasteiger charge is 2.52. The quantitative estimate of drug-likeness (QED) is 0.304. The zero-order valence-corrected chi connectivity index (χ0v) is 15.3. The van der Waals surface area contributed by atoms with Gasteiger partial charge in [-0.1, -0.05) is 13.2 Å². The van der Waals surface area contributed by atoms with Crippen molar-refractivity contribution in [2.75, 3.05) is 0 Å². The molecule has 5 nitrogen and oxygen atoms in total. The average Bonchev–Trinajstić information content (AvgIpc) is 3.21. The second kappa shape index (κ2) is 6.53. The van der Waals surface area contributed by atoms with Gasteiger partial charge in [-0.25, -0.2) is 4.79 Å². The van der Waals surface area contributed by atoms with E-state index in [4.69, 9.17) is 9.47 Å². The van der Waals surface area contributed by atoms with Crippen molar-refractivity contribution in [2.24, 2.45) is 5.92 Å². The van der Waals surface area contributed by atoms with Crippen LogP contribution in [0, 0.1) is 5.92 Å². The van der Waals surface area contributed by atoms with Crippen LogP contribution >= 0.6 is 0 Å². The maximum atomic E-state index is 12.2. The Morgan fingerprint density at radius 3 is 2.56 bits per heavy atom. The Morgan fingerprint density at radius 1 is 1.12 bits per heavy atom. The standard InChI is InChI=1S/C20H30O5/c1-12-5-6-16-20(4,25-16)10-7-14-11-17(24-18(22)13(14)2)19(3,23)9-8-15(12)21/h14-17,21,23H,1-2,5-11H2,3-4H3. The van der Waals surface area contributed by atoms with Gasteiger partial charge in [0.25, 0.3) is 0 Å². The summed E-state index contributed by atoms with van der Waals surface area (Å²) < 4.78 is 11.3. The minimum atomic E-state index is -1.18. The third-order valence-electron chi connectivity index (χ3n) is 6.34. The SMILES string of the molecule is C=C1CCC2OC2(C)CCC2CC(OC(=O)C2=C)C(C)(O)CCC1O. The summed E-state index contributed by atoms with van der Waals surface area (Å²) in [5, 5.41) is 21.2. The van der Waals surface area contributed by atoms with Crippen molar-refractivity contribution >= 4 is 5.97 Å². The van der Waals surface area contributed by atoms with Crippen LogP contribution in [-0.2, 0) is 14.3 Å². The van der Waals surface area contributed by atoms with Gasteiger partial charge in [-0.15, -0.1) is 0 Å². The summed E-state index contributed by atoms with van der Waals surface area (Å²) in [6.45, 7) is 11.7. The molecule has 0 amide bonds. The van der Waals surface area contributed by atoms with Crippen LogP contribution in [0.5, 0.6) is 0 Å². The first-order valence-electron chi connectivity index (χ1n) is 9.28. The molecule has 0 aromatic heterocycles. The first-order chi connectivity index (χ1) is 11.6. The Morgan fingerprint density at radius 2 is 1.84 bits per heavy atom. The molecule has 2 aliphatic heterocycles. The first-order valence-corrected chi connectivity index (χ1v) is 9.28. The van der Waals surface area contributed by atoms with Gasteiger partial charge >= 0.3 is 5.97 Å². The maximum Gasteiger partial charge on any atom is 0.334 e. The summed E-state index contributed by atoms with van der Waals surface area (Å²) in [5.41, 5.74) is -0.0803. The van der Waals surface area contributed by atoms with E-state index < -0.39 is 23.8 Å². The molecule has 6 unspecified atom stereocenters. The van der Waals surface area contributed by atoms with Crippen LogP contribution < -0.4 is 0 Å². The predicted octanol–water partition coefficient (Wildman–Crippen LogP) is 2.65. The van der Waals surface area contributed by atoms with Crippen LogP contribution in [-0.4, -0.2) is 45.7 Å².